The quantitative estimate of drug-likeness (QED) is 0.795. The highest BCUT2D eigenvalue weighted by Gasteiger charge is 2.11. The van der Waals surface area contributed by atoms with Gasteiger partial charge in [0.2, 0.25) is 5.91 Å². The molecule has 1 heterocycles. The molecule has 2 rings (SSSR count). The van der Waals surface area contributed by atoms with Gasteiger partial charge in [0.15, 0.2) is 11.5 Å². The van der Waals surface area contributed by atoms with Crippen LogP contribution in [0.15, 0.2) is 18.2 Å². The van der Waals surface area contributed by atoms with Crippen LogP contribution in [-0.2, 0) is 11.2 Å². The number of benzene rings is 1. The molecule has 0 fully saturated rings. The number of ether oxygens (including phenoxy) is 2. The van der Waals surface area contributed by atoms with Crippen molar-refractivity contribution >= 4 is 5.91 Å². The first-order valence-corrected chi connectivity index (χ1v) is 6.46. The number of hydrogen-bond donors (Lipinski definition) is 1. The standard InChI is InChI=1S/C14H20N2O3/c1-16(2)14(17)10-15-6-5-11-3-4-12-13(9-11)19-8-7-18-12/h3-4,9,15H,5-8,10H2,1-2H3. The van der Waals surface area contributed by atoms with Crippen LogP contribution in [-0.4, -0.2) is 51.2 Å². The van der Waals surface area contributed by atoms with Crippen LogP contribution in [0.3, 0.4) is 0 Å². The van der Waals surface area contributed by atoms with E-state index < -0.39 is 0 Å². The van der Waals surface area contributed by atoms with Crippen molar-refractivity contribution in [2.24, 2.45) is 0 Å². The lowest BCUT2D eigenvalue weighted by Crippen LogP contribution is -2.33. The Labute approximate surface area is 113 Å². The summed E-state index contributed by atoms with van der Waals surface area (Å²) in [4.78, 5) is 13.0. The average Bonchev–Trinajstić information content (AvgIpc) is 2.43. The van der Waals surface area contributed by atoms with Gasteiger partial charge in [-0.1, -0.05) is 6.07 Å². The van der Waals surface area contributed by atoms with Gasteiger partial charge in [-0.05, 0) is 30.7 Å². The highest BCUT2D eigenvalue weighted by molar-refractivity contribution is 5.77. The summed E-state index contributed by atoms with van der Waals surface area (Å²) in [5.41, 5.74) is 1.18. The Morgan fingerprint density at radius 3 is 2.74 bits per heavy atom. The van der Waals surface area contributed by atoms with Crippen LogP contribution in [0.2, 0.25) is 0 Å². The van der Waals surface area contributed by atoms with E-state index in [1.165, 1.54) is 5.56 Å². The minimum atomic E-state index is 0.0853. The maximum absolute atomic E-state index is 11.4. The number of rotatable bonds is 5. The van der Waals surface area contributed by atoms with Crippen LogP contribution in [0.25, 0.3) is 0 Å². The summed E-state index contributed by atoms with van der Waals surface area (Å²) in [6.07, 6.45) is 0.858. The lowest BCUT2D eigenvalue weighted by atomic mass is 10.1. The SMILES string of the molecule is CN(C)C(=O)CNCCc1ccc2c(c1)OCCO2. The molecule has 0 aliphatic carbocycles. The predicted octanol–water partition coefficient (Wildman–Crippen LogP) is 0.678. The fourth-order valence-electron chi connectivity index (χ4n) is 1.83. The Morgan fingerprint density at radius 2 is 2.00 bits per heavy atom. The van der Waals surface area contributed by atoms with Crippen LogP contribution >= 0.6 is 0 Å². The largest absolute Gasteiger partial charge is 0.486 e. The predicted molar refractivity (Wildman–Crippen MR) is 72.7 cm³/mol. The van der Waals surface area contributed by atoms with Gasteiger partial charge in [0.1, 0.15) is 13.2 Å². The molecule has 5 heteroatoms. The van der Waals surface area contributed by atoms with Gasteiger partial charge in [-0.2, -0.15) is 0 Å². The van der Waals surface area contributed by atoms with Crippen molar-refractivity contribution in [2.45, 2.75) is 6.42 Å². The van der Waals surface area contributed by atoms with Crippen LogP contribution in [0.5, 0.6) is 11.5 Å². The Morgan fingerprint density at radius 1 is 1.26 bits per heavy atom. The second kappa shape index (κ2) is 6.43. The molecular formula is C14H20N2O3. The maximum atomic E-state index is 11.4. The molecule has 1 aliphatic heterocycles. The van der Waals surface area contributed by atoms with Gasteiger partial charge in [0.25, 0.3) is 0 Å². The summed E-state index contributed by atoms with van der Waals surface area (Å²) in [5.74, 6) is 1.71. The zero-order chi connectivity index (χ0) is 13.7. The summed E-state index contributed by atoms with van der Waals surface area (Å²) < 4.78 is 11.0. The third-order valence-electron chi connectivity index (χ3n) is 2.97. The van der Waals surface area contributed by atoms with Gasteiger partial charge in [-0.25, -0.2) is 0 Å². The minimum absolute atomic E-state index is 0.0853. The zero-order valence-corrected chi connectivity index (χ0v) is 11.4. The van der Waals surface area contributed by atoms with E-state index in [-0.39, 0.29) is 5.91 Å². The van der Waals surface area contributed by atoms with Gasteiger partial charge < -0.3 is 19.7 Å². The van der Waals surface area contributed by atoms with Crippen molar-refractivity contribution in [2.75, 3.05) is 40.4 Å². The van der Waals surface area contributed by atoms with E-state index in [0.29, 0.717) is 19.8 Å². The maximum Gasteiger partial charge on any atom is 0.236 e. The Kier molecular flexibility index (Phi) is 4.63. The Bertz CT molecular complexity index is 446. The lowest BCUT2D eigenvalue weighted by molar-refractivity contribution is -0.127. The van der Waals surface area contributed by atoms with E-state index >= 15 is 0 Å². The number of carbonyl (C=O) groups is 1. The highest BCUT2D eigenvalue weighted by atomic mass is 16.6. The zero-order valence-electron chi connectivity index (χ0n) is 11.4. The van der Waals surface area contributed by atoms with E-state index in [4.69, 9.17) is 9.47 Å². The van der Waals surface area contributed by atoms with Gasteiger partial charge in [0.05, 0.1) is 6.54 Å². The van der Waals surface area contributed by atoms with Crippen LogP contribution < -0.4 is 14.8 Å². The molecule has 0 bridgehead atoms. The van der Waals surface area contributed by atoms with Crippen molar-refractivity contribution in [1.82, 2.24) is 10.2 Å². The highest BCUT2D eigenvalue weighted by Crippen LogP contribution is 2.30. The van der Waals surface area contributed by atoms with Gasteiger partial charge in [0, 0.05) is 14.1 Å². The summed E-state index contributed by atoms with van der Waals surface area (Å²) in [6, 6.07) is 5.97. The summed E-state index contributed by atoms with van der Waals surface area (Å²) in [6.45, 7) is 2.35. The number of nitrogens with zero attached hydrogens (tertiary/aromatic N) is 1. The van der Waals surface area contributed by atoms with E-state index in [0.717, 1.165) is 24.5 Å². The molecular weight excluding hydrogens is 244 g/mol. The van der Waals surface area contributed by atoms with Crippen LogP contribution in [0.4, 0.5) is 0 Å². The molecule has 104 valence electrons. The van der Waals surface area contributed by atoms with E-state index in [2.05, 4.69) is 5.32 Å². The molecule has 0 aromatic heterocycles. The first-order valence-electron chi connectivity index (χ1n) is 6.46. The average molecular weight is 264 g/mol. The molecule has 1 aliphatic rings. The molecule has 1 aromatic rings. The fraction of sp³-hybridized carbons (Fsp3) is 0.500. The molecule has 0 saturated carbocycles. The molecule has 0 unspecified atom stereocenters. The van der Waals surface area contributed by atoms with Crippen molar-refractivity contribution in [3.63, 3.8) is 0 Å². The number of amides is 1. The Hall–Kier alpha value is -1.75. The summed E-state index contributed by atoms with van der Waals surface area (Å²) in [5, 5.41) is 3.13. The first-order chi connectivity index (χ1) is 9.16. The number of nitrogens with one attached hydrogen (secondary N) is 1. The summed E-state index contributed by atoms with van der Waals surface area (Å²) >= 11 is 0. The fourth-order valence-corrected chi connectivity index (χ4v) is 1.83. The number of carbonyl (C=O) groups excluding carboxylic acids is 1. The van der Waals surface area contributed by atoms with Gasteiger partial charge in [-0.15, -0.1) is 0 Å². The topological polar surface area (TPSA) is 50.8 Å². The van der Waals surface area contributed by atoms with E-state index in [1.54, 1.807) is 19.0 Å². The molecule has 19 heavy (non-hydrogen) atoms. The van der Waals surface area contributed by atoms with E-state index in [1.807, 2.05) is 18.2 Å². The number of likely N-dealkylation sites (N-methyl/N-ethyl adjacent to an activating group) is 1. The first kappa shape index (κ1) is 13.7. The lowest BCUT2D eigenvalue weighted by Gasteiger charge is -2.19. The van der Waals surface area contributed by atoms with Crippen molar-refractivity contribution < 1.29 is 14.3 Å². The van der Waals surface area contributed by atoms with Crippen LogP contribution in [0.1, 0.15) is 5.56 Å². The van der Waals surface area contributed by atoms with Crippen molar-refractivity contribution in [3.8, 4) is 11.5 Å². The second-order valence-corrected chi connectivity index (χ2v) is 4.69. The number of fused-ring (bicyclic) bond motifs is 1. The monoisotopic (exact) mass is 264 g/mol. The third-order valence-corrected chi connectivity index (χ3v) is 2.97. The van der Waals surface area contributed by atoms with Gasteiger partial charge >= 0.3 is 0 Å². The Balaban J connectivity index is 1.79. The molecule has 1 aromatic carbocycles. The molecule has 0 radical (unpaired) electrons. The van der Waals surface area contributed by atoms with Gasteiger partial charge in [-0.3, -0.25) is 4.79 Å². The molecule has 1 amide bonds. The van der Waals surface area contributed by atoms with Crippen LogP contribution in [0, 0.1) is 0 Å². The van der Waals surface area contributed by atoms with Crippen molar-refractivity contribution in [1.29, 1.82) is 0 Å². The molecule has 0 atom stereocenters. The number of hydrogen-bond acceptors (Lipinski definition) is 4. The summed E-state index contributed by atoms with van der Waals surface area (Å²) in [7, 11) is 3.51. The minimum Gasteiger partial charge on any atom is -0.486 e. The van der Waals surface area contributed by atoms with Crippen molar-refractivity contribution in [3.05, 3.63) is 23.8 Å². The molecule has 0 spiro atoms. The smallest absolute Gasteiger partial charge is 0.236 e. The molecule has 1 N–H and O–H groups in total. The normalized spacial score (nSPS) is 13.2. The van der Waals surface area contributed by atoms with E-state index in [9.17, 15) is 4.79 Å². The second-order valence-electron chi connectivity index (χ2n) is 4.69. The molecule has 5 nitrogen and oxygen atoms in total. The molecule has 0 saturated heterocycles. The third kappa shape index (κ3) is 3.86.